The molecule has 2 aromatic rings. The van der Waals surface area contributed by atoms with Crippen LogP contribution in [0.4, 0.5) is 0 Å². The molecule has 0 unspecified atom stereocenters. The van der Waals surface area contributed by atoms with E-state index in [-0.39, 0.29) is 0 Å². The van der Waals surface area contributed by atoms with Crippen molar-refractivity contribution >= 4 is 27.5 Å². The minimum atomic E-state index is 0.744. The van der Waals surface area contributed by atoms with Gasteiger partial charge in [0, 0.05) is 20.9 Å². The van der Waals surface area contributed by atoms with Gasteiger partial charge in [-0.15, -0.1) is 0 Å². The van der Waals surface area contributed by atoms with Gasteiger partial charge in [0.15, 0.2) is 0 Å². The zero-order valence-corrected chi connectivity index (χ0v) is 10.9. The van der Waals surface area contributed by atoms with Crippen molar-refractivity contribution < 1.29 is 0 Å². The fraction of sp³-hybridized carbons (Fsp3) is 0.167. The Bertz CT molecular complexity index is 483. The molecule has 2 rings (SSSR count). The van der Waals surface area contributed by atoms with E-state index in [0.29, 0.717) is 0 Å². The van der Waals surface area contributed by atoms with Crippen LogP contribution in [-0.2, 0) is 0 Å². The maximum atomic E-state index is 5.92. The summed E-state index contributed by atoms with van der Waals surface area (Å²) in [5, 5.41) is 0.744. The van der Waals surface area contributed by atoms with Gasteiger partial charge >= 0.3 is 0 Å². The summed E-state index contributed by atoms with van der Waals surface area (Å²) in [6.07, 6.45) is 0. The number of hydrogen-bond donors (Lipinski definition) is 0. The summed E-state index contributed by atoms with van der Waals surface area (Å²) in [5.74, 6) is 0. The van der Waals surface area contributed by atoms with Crippen LogP contribution in [-0.4, -0.2) is 4.57 Å². The van der Waals surface area contributed by atoms with Crippen molar-refractivity contribution in [2.24, 2.45) is 0 Å². The molecule has 0 spiro atoms. The highest BCUT2D eigenvalue weighted by Gasteiger charge is 2.07. The molecule has 0 saturated heterocycles. The Balaban J connectivity index is 2.64. The molecule has 0 atom stereocenters. The van der Waals surface area contributed by atoms with Crippen LogP contribution in [0.15, 0.2) is 34.8 Å². The fourth-order valence-corrected chi connectivity index (χ4v) is 2.57. The number of halogens is 2. The van der Waals surface area contributed by atoms with E-state index < -0.39 is 0 Å². The topological polar surface area (TPSA) is 4.93 Å². The molecule has 0 N–H and O–H groups in total. The molecule has 1 aromatic carbocycles. The molecule has 0 aliphatic heterocycles. The molecule has 1 heterocycles. The lowest BCUT2D eigenvalue weighted by Gasteiger charge is -2.11. The largest absolute Gasteiger partial charge is 0.317 e. The molecule has 0 fully saturated rings. The summed E-state index contributed by atoms with van der Waals surface area (Å²) in [4.78, 5) is 0. The van der Waals surface area contributed by atoms with Crippen molar-refractivity contribution in [3.05, 3.63) is 51.2 Å². The van der Waals surface area contributed by atoms with Gasteiger partial charge in [-0.1, -0.05) is 11.6 Å². The van der Waals surface area contributed by atoms with E-state index in [1.54, 1.807) is 0 Å². The first-order valence-corrected chi connectivity index (χ1v) is 5.87. The average Bonchev–Trinajstić information content (AvgIpc) is 2.48. The molecule has 15 heavy (non-hydrogen) atoms. The third kappa shape index (κ3) is 1.97. The monoisotopic (exact) mass is 283 g/mol. The SMILES string of the molecule is Cc1ccc(C)n1-c1ccc(Cl)cc1Br. The minimum absolute atomic E-state index is 0.744. The Hall–Kier alpha value is -0.730. The second kappa shape index (κ2) is 4.03. The average molecular weight is 285 g/mol. The molecule has 78 valence electrons. The first-order valence-electron chi connectivity index (χ1n) is 4.70. The maximum Gasteiger partial charge on any atom is 0.0598 e. The maximum absolute atomic E-state index is 5.92. The number of hydrogen-bond acceptors (Lipinski definition) is 0. The van der Waals surface area contributed by atoms with Gasteiger partial charge in [0.05, 0.1) is 5.69 Å². The van der Waals surface area contributed by atoms with Crippen LogP contribution in [0.2, 0.25) is 5.02 Å². The highest BCUT2D eigenvalue weighted by Crippen LogP contribution is 2.27. The van der Waals surface area contributed by atoms with Gasteiger partial charge in [0.1, 0.15) is 0 Å². The summed E-state index contributed by atoms with van der Waals surface area (Å²) in [5.41, 5.74) is 3.56. The quantitative estimate of drug-likeness (QED) is 0.726. The molecular weight excluding hydrogens is 273 g/mol. The smallest absolute Gasteiger partial charge is 0.0598 e. The van der Waals surface area contributed by atoms with Crippen LogP contribution >= 0.6 is 27.5 Å². The molecule has 0 aliphatic rings. The van der Waals surface area contributed by atoms with E-state index in [2.05, 4.69) is 46.5 Å². The van der Waals surface area contributed by atoms with E-state index >= 15 is 0 Å². The Morgan fingerprint density at radius 2 is 1.67 bits per heavy atom. The van der Waals surface area contributed by atoms with Crippen LogP contribution in [0.3, 0.4) is 0 Å². The lowest BCUT2D eigenvalue weighted by Crippen LogP contribution is -1.99. The molecule has 1 aromatic heterocycles. The van der Waals surface area contributed by atoms with Crippen LogP contribution in [0.25, 0.3) is 5.69 Å². The van der Waals surface area contributed by atoms with Gasteiger partial charge in [0.2, 0.25) is 0 Å². The van der Waals surface area contributed by atoms with E-state index in [0.717, 1.165) is 15.2 Å². The van der Waals surface area contributed by atoms with E-state index in [1.165, 1.54) is 11.4 Å². The van der Waals surface area contributed by atoms with Crippen molar-refractivity contribution in [1.29, 1.82) is 0 Å². The molecule has 0 amide bonds. The number of aromatic nitrogens is 1. The van der Waals surface area contributed by atoms with Crippen molar-refractivity contribution in [3.63, 3.8) is 0 Å². The molecular formula is C12H11BrClN. The first kappa shape index (κ1) is 10.8. The van der Waals surface area contributed by atoms with Crippen LogP contribution in [0.5, 0.6) is 0 Å². The lowest BCUT2D eigenvalue weighted by atomic mass is 10.3. The first-order chi connectivity index (χ1) is 7.09. The summed E-state index contributed by atoms with van der Waals surface area (Å²) >= 11 is 9.45. The minimum Gasteiger partial charge on any atom is -0.317 e. The van der Waals surface area contributed by atoms with Crippen LogP contribution < -0.4 is 0 Å². The van der Waals surface area contributed by atoms with Gasteiger partial charge in [-0.25, -0.2) is 0 Å². The zero-order valence-electron chi connectivity index (χ0n) is 8.59. The predicted octanol–water partition coefficient (Wildman–Crippen LogP) is 4.51. The number of rotatable bonds is 1. The molecule has 0 saturated carbocycles. The summed E-state index contributed by atoms with van der Waals surface area (Å²) in [6, 6.07) is 10.1. The fourth-order valence-electron chi connectivity index (χ4n) is 1.71. The highest BCUT2D eigenvalue weighted by atomic mass is 79.9. The zero-order chi connectivity index (χ0) is 11.0. The van der Waals surface area contributed by atoms with E-state index in [1.807, 2.05) is 18.2 Å². The molecule has 0 radical (unpaired) electrons. The van der Waals surface area contributed by atoms with Crippen molar-refractivity contribution in [2.75, 3.05) is 0 Å². The Morgan fingerprint density at radius 3 is 2.20 bits per heavy atom. The lowest BCUT2D eigenvalue weighted by molar-refractivity contribution is 0.960. The Labute approximate surface area is 103 Å². The van der Waals surface area contributed by atoms with Gasteiger partial charge < -0.3 is 4.57 Å². The van der Waals surface area contributed by atoms with E-state index in [9.17, 15) is 0 Å². The Morgan fingerprint density at radius 1 is 1.07 bits per heavy atom. The number of nitrogens with zero attached hydrogens (tertiary/aromatic N) is 1. The highest BCUT2D eigenvalue weighted by molar-refractivity contribution is 9.10. The van der Waals surface area contributed by atoms with Crippen LogP contribution in [0, 0.1) is 13.8 Å². The van der Waals surface area contributed by atoms with Crippen molar-refractivity contribution in [1.82, 2.24) is 4.57 Å². The van der Waals surface area contributed by atoms with Gasteiger partial charge in [-0.3, -0.25) is 0 Å². The number of aryl methyl sites for hydroxylation is 2. The number of benzene rings is 1. The molecule has 3 heteroatoms. The standard InChI is InChI=1S/C12H11BrClN/c1-8-3-4-9(2)15(8)12-6-5-10(14)7-11(12)13/h3-7H,1-2H3. The van der Waals surface area contributed by atoms with Gasteiger partial charge in [-0.2, -0.15) is 0 Å². The van der Waals surface area contributed by atoms with Gasteiger partial charge in [-0.05, 0) is 60.1 Å². The van der Waals surface area contributed by atoms with Crippen molar-refractivity contribution in [3.8, 4) is 5.69 Å². The van der Waals surface area contributed by atoms with Crippen LogP contribution in [0.1, 0.15) is 11.4 Å². The third-order valence-electron chi connectivity index (χ3n) is 2.42. The molecule has 0 bridgehead atoms. The van der Waals surface area contributed by atoms with E-state index in [4.69, 9.17) is 11.6 Å². The second-order valence-corrected chi connectivity index (χ2v) is 4.84. The molecule has 0 aliphatic carbocycles. The summed E-state index contributed by atoms with van der Waals surface area (Å²) < 4.78 is 3.21. The Kier molecular flexibility index (Phi) is 2.89. The third-order valence-corrected chi connectivity index (χ3v) is 3.29. The summed E-state index contributed by atoms with van der Waals surface area (Å²) in [7, 11) is 0. The molecule has 1 nitrogen and oxygen atoms in total. The van der Waals surface area contributed by atoms with Crippen molar-refractivity contribution in [2.45, 2.75) is 13.8 Å². The predicted molar refractivity (Wildman–Crippen MR) is 68.0 cm³/mol. The van der Waals surface area contributed by atoms with Gasteiger partial charge in [0.25, 0.3) is 0 Å². The second-order valence-electron chi connectivity index (χ2n) is 3.55. The summed E-state index contributed by atoms with van der Waals surface area (Å²) in [6.45, 7) is 4.18. The normalized spacial score (nSPS) is 10.7.